The Morgan fingerprint density at radius 2 is 1.73 bits per heavy atom. The minimum atomic E-state index is -0.525. The van der Waals surface area contributed by atoms with E-state index < -0.39 is 5.97 Å². The number of esters is 1. The molecule has 0 bridgehead atoms. The number of hydrogen-bond acceptors (Lipinski definition) is 5. The highest BCUT2D eigenvalue weighted by Crippen LogP contribution is 2.25. The van der Waals surface area contributed by atoms with Gasteiger partial charge in [0.05, 0.1) is 16.1 Å². The van der Waals surface area contributed by atoms with Crippen LogP contribution in [0.3, 0.4) is 0 Å². The number of hydrogen-bond donors (Lipinski definition) is 1. The zero-order valence-electron chi connectivity index (χ0n) is 14.6. The Kier molecular flexibility index (Phi) is 5.49. The van der Waals surface area contributed by atoms with E-state index in [-0.39, 0.29) is 12.4 Å². The molecule has 0 aliphatic heterocycles. The third-order valence-corrected chi connectivity index (χ3v) is 5.06. The number of ketones is 1. The highest BCUT2D eigenvalue weighted by molar-refractivity contribution is 7.12. The van der Waals surface area contributed by atoms with Crippen LogP contribution in [0.1, 0.15) is 31.2 Å². The van der Waals surface area contributed by atoms with Crippen molar-refractivity contribution in [2.45, 2.75) is 13.8 Å². The van der Waals surface area contributed by atoms with E-state index in [4.69, 9.17) is 4.74 Å². The van der Waals surface area contributed by atoms with Crippen molar-refractivity contribution in [2.75, 3.05) is 11.9 Å². The van der Waals surface area contributed by atoms with Gasteiger partial charge in [0.2, 0.25) is 5.78 Å². The van der Waals surface area contributed by atoms with Crippen LogP contribution in [0, 0.1) is 13.8 Å². The first kappa shape index (κ1) is 17.9. The van der Waals surface area contributed by atoms with Gasteiger partial charge >= 0.3 is 5.97 Å². The minimum Gasteiger partial charge on any atom is -0.454 e. The van der Waals surface area contributed by atoms with E-state index in [9.17, 15) is 9.59 Å². The van der Waals surface area contributed by atoms with E-state index in [1.165, 1.54) is 11.3 Å². The Hall–Kier alpha value is -2.92. The van der Waals surface area contributed by atoms with E-state index in [0.29, 0.717) is 16.1 Å². The van der Waals surface area contributed by atoms with Gasteiger partial charge in [0.1, 0.15) is 0 Å². The fraction of sp³-hybridized carbons (Fsp3) is 0.143. The van der Waals surface area contributed by atoms with Crippen molar-refractivity contribution in [1.29, 1.82) is 0 Å². The summed E-state index contributed by atoms with van der Waals surface area (Å²) in [4.78, 5) is 25.1. The topological polar surface area (TPSA) is 55.4 Å². The molecule has 26 heavy (non-hydrogen) atoms. The molecule has 0 atom stereocenters. The van der Waals surface area contributed by atoms with E-state index in [0.717, 1.165) is 16.8 Å². The fourth-order valence-corrected chi connectivity index (χ4v) is 3.17. The highest BCUT2D eigenvalue weighted by Gasteiger charge is 2.16. The molecule has 1 N–H and O–H groups in total. The van der Waals surface area contributed by atoms with Gasteiger partial charge in [-0.25, -0.2) is 4.79 Å². The van der Waals surface area contributed by atoms with Crippen LogP contribution < -0.4 is 5.32 Å². The molecular weight excluding hydrogens is 346 g/mol. The summed E-state index contributed by atoms with van der Waals surface area (Å²) in [6.07, 6.45) is 0. The molecule has 2 aromatic carbocycles. The van der Waals surface area contributed by atoms with Gasteiger partial charge in [-0.15, -0.1) is 11.3 Å². The number of nitrogens with one attached hydrogen (secondary N) is 1. The molecule has 0 saturated heterocycles. The third kappa shape index (κ3) is 4.00. The number of Topliss-reactive ketones (excluding diaryl/α,β-unsaturated/α-hetero) is 1. The van der Waals surface area contributed by atoms with E-state index >= 15 is 0 Å². The second-order valence-corrected chi connectivity index (χ2v) is 6.84. The predicted octanol–water partition coefficient (Wildman–Crippen LogP) is 5.15. The van der Waals surface area contributed by atoms with Gasteiger partial charge in [0.15, 0.2) is 6.61 Å². The van der Waals surface area contributed by atoms with Crippen LogP contribution in [-0.4, -0.2) is 18.4 Å². The SMILES string of the molecule is Cc1cccc(Nc2ccccc2C(=O)OCC(=O)c2cccs2)c1C. The number of para-hydroxylation sites is 1. The Labute approximate surface area is 156 Å². The number of benzene rings is 2. The first-order valence-corrected chi connectivity index (χ1v) is 9.10. The van der Waals surface area contributed by atoms with E-state index in [1.807, 2.05) is 49.6 Å². The van der Waals surface area contributed by atoms with Crippen molar-refractivity contribution in [3.63, 3.8) is 0 Å². The minimum absolute atomic E-state index is 0.201. The molecule has 3 aromatic rings. The summed E-state index contributed by atoms with van der Waals surface area (Å²) in [7, 11) is 0. The summed E-state index contributed by atoms with van der Waals surface area (Å²) in [5, 5.41) is 5.11. The van der Waals surface area contributed by atoms with Crippen LogP contribution in [0.2, 0.25) is 0 Å². The Morgan fingerprint density at radius 3 is 2.50 bits per heavy atom. The second-order valence-electron chi connectivity index (χ2n) is 5.89. The molecule has 5 heteroatoms. The molecule has 0 saturated carbocycles. The average molecular weight is 365 g/mol. The van der Waals surface area contributed by atoms with Gasteiger partial charge in [-0.2, -0.15) is 0 Å². The van der Waals surface area contributed by atoms with Gasteiger partial charge in [-0.05, 0) is 54.6 Å². The third-order valence-electron chi connectivity index (χ3n) is 4.15. The molecule has 1 aromatic heterocycles. The van der Waals surface area contributed by atoms with Gasteiger partial charge < -0.3 is 10.1 Å². The first-order chi connectivity index (χ1) is 12.6. The van der Waals surface area contributed by atoms with E-state index in [2.05, 4.69) is 5.32 Å². The molecule has 132 valence electrons. The molecule has 3 rings (SSSR count). The number of carbonyl (C=O) groups excluding carboxylic acids is 2. The summed E-state index contributed by atoms with van der Waals surface area (Å²) in [5.74, 6) is -0.725. The lowest BCUT2D eigenvalue weighted by molar-refractivity contribution is 0.0477. The quantitative estimate of drug-likeness (QED) is 0.485. The molecule has 0 spiro atoms. The number of carbonyl (C=O) groups is 2. The van der Waals surface area contributed by atoms with Crippen molar-refractivity contribution in [3.8, 4) is 0 Å². The van der Waals surface area contributed by atoms with Crippen LogP contribution in [0.25, 0.3) is 0 Å². The standard InChI is InChI=1S/C21H19NO3S/c1-14-7-5-10-17(15(14)2)22-18-9-4-3-8-16(18)21(24)25-13-19(23)20-11-6-12-26-20/h3-12,22H,13H2,1-2H3. The lowest BCUT2D eigenvalue weighted by Gasteiger charge is -2.14. The summed E-state index contributed by atoms with van der Waals surface area (Å²) >= 11 is 1.33. The maximum absolute atomic E-state index is 12.5. The lowest BCUT2D eigenvalue weighted by Crippen LogP contribution is -2.14. The summed E-state index contributed by atoms with van der Waals surface area (Å²) in [5.41, 5.74) is 4.25. The molecule has 1 heterocycles. The van der Waals surface area contributed by atoms with Crippen LogP contribution >= 0.6 is 11.3 Å². The number of aryl methyl sites for hydroxylation is 1. The first-order valence-electron chi connectivity index (χ1n) is 8.22. The summed E-state index contributed by atoms with van der Waals surface area (Å²) in [6.45, 7) is 3.80. The predicted molar refractivity (Wildman–Crippen MR) is 105 cm³/mol. The van der Waals surface area contributed by atoms with Gasteiger partial charge in [-0.1, -0.05) is 30.3 Å². The number of anilines is 2. The van der Waals surface area contributed by atoms with Crippen LogP contribution in [0.5, 0.6) is 0 Å². The average Bonchev–Trinajstić information content (AvgIpc) is 3.18. The molecule has 4 nitrogen and oxygen atoms in total. The zero-order chi connectivity index (χ0) is 18.5. The number of ether oxygens (including phenoxy) is 1. The largest absolute Gasteiger partial charge is 0.454 e. The van der Waals surface area contributed by atoms with Crippen molar-refractivity contribution in [3.05, 3.63) is 81.5 Å². The number of rotatable bonds is 6. The monoisotopic (exact) mass is 365 g/mol. The Bertz CT molecular complexity index is 932. The maximum Gasteiger partial charge on any atom is 0.340 e. The summed E-state index contributed by atoms with van der Waals surface area (Å²) in [6, 6.07) is 16.6. The second kappa shape index (κ2) is 7.97. The fourth-order valence-electron chi connectivity index (χ4n) is 2.52. The van der Waals surface area contributed by atoms with Gasteiger partial charge in [0, 0.05) is 5.69 Å². The van der Waals surface area contributed by atoms with Crippen molar-refractivity contribution in [2.24, 2.45) is 0 Å². The summed E-state index contributed by atoms with van der Waals surface area (Å²) < 4.78 is 5.22. The molecule has 0 unspecified atom stereocenters. The highest BCUT2D eigenvalue weighted by atomic mass is 32.1. The van der Waals surface area contributed by atoms with E-state index in [1.54, 1.807) is 24.3 Å². The van der Waals surface area contributed by atoms with Crippen molar-refractivity contribution >= 4 is 34.5 Å². The molecule has 0 radical (unpaired) electrons. The van der Waals surface area contributed by atoms with Crippen LogP contribution in [0.15, 0.2) is 60.0 Å². The zero-order valence-corrected chi connectivity index (χ0v) is 15.4. The maximum atomic E-state index is 12.5. The number of thiophene rings is 1. The molecule has 0 amide bonds. The van der Waals surface area contributed by atoms with Gasteiger partial charge in [0.25, 0.3) is 0 Å². The van der Waals surface area contributed by atoms with Crippen LogP contribution in [-0.2, 0) is 4.74 Å². The Balaban J connectivity index is 1.75. The van der Waals surface area contributed by atoms with Gasteiger partial charge in [-0.3, -0.25) is 4.79 Å². The normalized spacial score (nSPS) is 10.4. The lowest BCUT2D eigenvalue weighted by atomic mass is 10.1. The Morgan fingerprint density at radius 1 is 0.962 bits per heavy atom. The smallest absolute Gasteiger partial charge is 0.340 e. The molecule has 0 aliphatic rings. The van der Waals surface area contributed by atoms with Crippen molar-refractivity contribution < 1.29 is 14.3 Å². The van der Waals surface area contributed by atoms with Crippen molar-refractivity contribution in [1.82, 2.24) is 0 Å². The molecule has 0 aliphatic carbocycles. The molecular formula is C21H19NO3S. The molecule has 0 fully saturated rings. The van der Waals surface area contributed by atoms with Crippen LogP contribution in [0.4, 0.5) is 11.4 Å².